The van der Waals surface area contributed by atoms with Gasteiger partial charge in [-0.25, -0.2) is 0 Å². The second-order valence-electron chi connectivity index (χ2n) is 2.52. The summed E-state index contributed by atoms with van der Waals surface area (Å²) in [5.74, 6) is 0.221. The van der Waals surface area contributed by atoms with Crippen molar-refractivity contribution in [2.75, 3.05) is 13.3 Å². The fraction of sp³-hybridized carbons (Fsp3) is 0.625. The first-order chi connectivity index (χ1) is 6.69. The standard InChI is InChI=1S/C8H11ClFNO3/c1-2-13-7(12)6-5(3-4-10)14-8(9)11-6/h7,12H,2-4H2,1H3. The summed E-state index contributed by atoms with van der Waals surface area (Å²) in [5.41, 5.74) is 0.148. The molecule has 0 saturated heterocycles. The van der Waals surface area contributed by atoms with Crippen LogP contribution in [0.2, 0.25) is 5.35 Å². The molecule has 0 spiro atoms. The number of halogens is 2. The van der Waals surface area contributed by atoms with Gasteiger partial charge < -0.3 is 14.3 Å². The SMILES string of the molecule is CCOC(O)c1nc(Cl)oc1CCF. The zero-order valence-electron chi connectivity index (χ0n) is 7.67. The maximum atomic E-state index is 12.1. The Hall–Kier alpha value is -0.650. The molecule has 4 nitrogen and oxygen atoms in total. The summed E-state index contributed by atoms with van der Waals surface area (Å²) in [6.07, 6.45) is -1.18. The summed E-state index contributed by atoms with van der Waals surface area (Å²) in [6, 6.07) is 0. The fourth-order valence-corrected chi connectivity index (χ4v) is 1.21. The molecule has 1 rings (SSSR count). The van der Waals surface area contributed by atoms with Crippen LogP contribution in [0.15, 0.2) is 4.42 Å². The van der Waals surface area contributed by atoms with Crippen molar-refractivity contribution in [1.29, 1.82) is 0 Å². The summed E-state index contributed by atoms with van der Waals surface area (Å²) in [7, 11) is 0. The van der Waals surface area contributed by atoms with E-state index in [1.54, 1.807) is 6.92 Å². The molecule has 1 heterocycles. The number of aromatic nitrogens is 1. The molecule has 1 atom stereocenters. The van der Waals surface area contributed by atoms with Crippen molar-refractivity contribution in [3.63, 3.8) is 0 Å². The van der Waals surface area contributed by atoms with Gasteiger partial charge in [0.15, 0.2) is 0 Å². The van der Waals surface area contributed by atoms with Crippen molar-refractivity contribution in [3.05, 3.63) is 16.8 Å². The Morgan fingerprint density at radius 3 is 3.00 bits per heavy atom. The smallest absolute Gasteiger partial charge is 0.292 e. The average Bonchev–Trinajstić information content (AvgIpc) is 2.48. The summed E-state index contributed by atoms with van der Waals surface area (Å²) in [6.45, 7) is 1.44. The highest BCUT2D eigenvalue weighted by Gasteiger charge is 2.19. The van der Waals surface area contributed by atoms with Crippen molar-refractivity contribution >= 4 is 11.6 Å². The molecule has 0 aliphatic rings. The molecule has 1 aromatic heterocycles. The molecule has 0 bridgehead atoms. The van der Waals surface area contributed by atoms with Crippen molar-refractivity contribution in [3.8, 4) is 0 Å². The summed E-state index contributed by atoms with van der Waals surface area (Å²) >= 11 is 5.48. The third-order valence-corrected chi connectivity index (χ3v) is 1.74. The van der Waals surface area contributed by atoms with E-state index in [2.05, 4.69) is 4.98 Å². The number of aliphatic hydroxyl groups excluding tert-OH is 1. The van der Waals surface area contributed by atoms with Gasteiger partial charge in [-0.05, 0) is 18.5 Å². The zero-order valence-corrected chi connectivity index (χ0v) is 8.42. The molecular formula is C8H11ClFNO3. The zero-order chi connectivity index (χ0) is 10.6. The molecule has 14 heavy (non-hydrogen) atoms. The molecule has 0 amide bonds. The second kappa shape index (κ2) is 5.29. The van der Waals surface area contributed by atoms with Crippen LogP contribution >= 0.6 is 11.6 Å². The first kappa shape index (κ1) is 11.4. The Morgan fingerprint density at radius 2 is 2.43 bits per heavy atom. The van der Waals surface area contributed by atoms with Gasteiger partial charge in [-0.1, -0.05) is 0 Å². The lowest BCUT2D eigenvalue weighted by Gasteiger charge is -2.07. The maximum absolute atomic E-state index is 12.1. The van der Waals surface area contributed by atoms with Crippen LogP contribution < -0.4 is 0 Å². The van der Waals surface area contributed by atoms with E-state index in [1.807, 2.05) is 0 Å². The molecule has 0 saturated carbocycles. The normalized spacial score (nSPS) is 13.1. The number of alkyl halides is 1. The van der Waals surface area contributed by atoms with Crippen molar-refractivity contribution in [2.24, 2.45) is 0 Å². The molecule has 80 valence electrons. The Morgan fingerprint density at radius 1 is 1.71 bits per heavy atom. The number of hydrogen-bond acceptors (Lipinski definition) is 4. The molecule has 0 fully saturated rings. The molecule has 0 aliphatic heterocycles. The third kappa shape index (κ3) is 2.67. The molecule has 6 heteroatoms. The van der Waals surface area contributed by atoms with Crippen LogP contribution in [0.5, 0.6) is 0 Å². The quantitative estimate of drug-likeness (QED) is 0.775. The van der Waals surface area contributed by atoms with Gasteiger partial charge >= 0.3 is 0 Å². The Bertz CT molecular complexity index is 292. The number of aryl methyl sites for hydroxylation is 1. The number of hydrogen-bond donors (Lipinski definition) is 1. The molecule has 0 aromatic carbocycles. The van der Waals surface area contributed by atoms with Crippen LogP contribution in [-0.2, 0) is 11.2 Å². The van der Waals surface area contributed by atoms with E-state index >= 15 is 0 Å². The summed E-state index contributed by atoms with van der Waals surface area (Å²) in [5, 5.41) is 9.29. The predicted octanol–water partition coefficient (Wildman–Crippen LogP) is 1.87. The average molecular weight is 224 g/mol. The van der Waals surface area contributed by atoms with Gasteiger partial charge in [0, 0.05) is 13.0 Å². The van der Waals surface area contributed by atoms with E-state index in [0.29, 0.717) is 6.61 Å². The lowest BCUT2D eigenvalue weighted by Crippen LogP contribution is -2.06. The van der Waals surface area contributed by atoms with E-state index in [-0.39, 0.29) is 23.2 Å². The van der Waals surface area contributed by atoms with Crippen LogP contribution in [0, 0.1) is 0 Å². The highest BCUT2D eigenvalue weighted by molar-refractivity contribution is 6.27. The van der Waals surface area contributed by atoms with Gasteiger partial charge in [-0.15, -0.1) is 0 Å². The van der Waals surface area contributed by atoms with Crippen LogP contribution in [0.4, 0.5) is 4.39 Å². The van der Waals surface area contributed by atoms with Crippen LogP contribution in [0.25, 0.3) is 0 Å². The Labute approximate surface area is 85.6 Å². The first-order valence-corrected chi connectivity index (χ1v) is 4.57. The summed E-state index contributed by atoms with van der Waals surface area (Å²) < 4.78 is 21.8. The Kier molecular flexibility index (Phi) is 4.31. The van der Waals surface area contributed by atoms with Crippen molar-refractivity contribution in [1.82, 2.24) is 4.98 Å². The number of rotatable bonds is 5. The number of aliphatic hydroxyl groups is 1. The highest BCUT2D eigenvalue weighted by atomic mass is 35.5. The van der Waals surface area contributed by atoms with Gasteiger partial charge in [0.2, 0.25) is 6.29 Å². The van der Waals surface area contributed by atoms with Crippen LogP contribution in [0.3, 0.4) is 0 Å². The highest BCUT2D eigenvalue weighted by Crippen LogP contribution is 2.22. The monoisotopic (exact) mass is 223 g/mol. The maximum Gasteiger partial charge on any atom is 0.292 e. The molecule has 1 N–H and O–H groups in total. The predicted molar refractivity (Wildman–Crippen MR) is 47.8 cm³/mol. The van der Waals surface area contributed by atoms with Gasteiger partial charge in [0.1, 0.15) is 11.5 Å². The molecule has 0 aliphatic carbocycles. The van der Waals surface area contributed by atoms with Gasteiger partial charge in [0.05, 0.1) is 6.67 Å². The Balaban J connectivity index is 2.82. The fourth-order valence-electron chi connectivity index (χ4n) is 1.03. The van der Waals surface area contributed by atoms with Crippen molar-refractivity contribution < 1.29 is 18.7 Å². The molecular weight excluding hydrogens is 213 g/mol. The minimum absolute atomic E-state index is 0.0270. The molecule has 0 radical (unpaired) electrons. The van der Waals surface area contributed by atoms with Crippen LogP contribution in [-0.4, -0.2) is 23.4 Å². The summed E-state index contributed by atoms with van der Waals surface area (Å²) in [4.78, 5) is 3.70. The largest absolute Gasteiger partial charge is 0.432 e. The lowest BCUT2D eigenvalue weighted by molar-refractivity contribution is -0.101. The van der Waals surface area contributed by atoms with E-state index in [1.165, 1.54) is 0 Å². The van der Waals surface area contributed by atoms with E-state index in [4.69, 9.17) is 20.8 Å². The van der Waals surface area contributed by atoms with Gasteiger partial charge in [-0.3, -0.25) is 4.39 Å². The first-order valence-electron chi connectivity index (χ1n) is 4.19. The second-order valence-corrected chi connectivity index (χ2v) is 2.85. The topological polar surface area (TPSA) is 55.5 Å². The minimum atomic E-state index is -1.21. The van der Waals surface area contributed by atoms with Crippen molar-refractivity contribution in [2.45, 2.75) is 19.6 Å². The third-order valence-electron chi connectivity index (χ3n) is 1.58. The number of ether oxygens (including phenoxy) is 1. The number of nitrogens with zero attached hydrogens (tertiary/aromatic N) is 1. The minimum Gasteiger partial charge on any atom is -0.432 e. The van der Waals surface area contributed by atoms with Crippen LogP contribution in [0.1, 0.15) is 24.7 Å². The van der Waals surface area contributed by atoms with E-state index < -0.39 is 13.0 Å². The van der Waals surface area contributed by atoms with E-state index in [0.717, 1.165) is 0 Å². The van der Waals surface area contributed by atoms with Gasteiger partial charge in [0.25, 0.3) is 5.35 Å². The number of oxazole rings is 1. The van der Waals surface area contributed by atoms with E-state index in [9.17, 15) is 9.50 Å². The molecule has 1 unspecified atom stereocenters. The molecule has 1 aromatic rings. The van der Waals surface area contributed by atoms with Gasteiger partial charge in [-0.2, -0.15) is 4.98 Å². The lowest BCUT2D eigenvalue weighted by atomic mass is 10.3.